The van der Waals surface area contributed by atoms with Gasteiger partial charge in [0.25, 0.3) is 0 Å². The molecule has 0 aliphatic heterocycles. The fraction of sp³-hybridized carbons (Fsp3) is 0.0769. The minimum absolute atomic E-state index is 0.258. The van der Waals surface area contributed by atoms with Crippen molar-refractivity contribution in [2.45, 2.75) is 0 Å². The summed E-state index contributed by atoms with van der Waals surface area (Å²) in [4.78, 5) is 11.1. The zero-order valence-corrected chi connectivity index (χ0v) is 8.69. The van der Waals surface area contributed by atoms with Crippen molar-refractivity contribution in [2.24, 2.45) is 0 Å². The number of ether oxygens (including phenoxy) is 1. The predicted octanol–water partition coefficient (Wildman–Crippen LogP) is 3.04. The van der Waals surface area contributed by atoms with Crippen molar-refractivity contribution < 1.29 is 9.53 Å². The molecule has 0 bridgehead atoms. The van der Waals surface area contributed by atoms with Gasteiger partial charge in [-0.15, -0.1) is 6.58 Å². The van der Waals surface area contributed by atoms with Crippen LogP contribution >= 0.6 is 0 Å². The van der Waals surface area contributed by atoms with Gasteiger partial charge in [-0.1, -0.05) is 36.9 Å². The van der Waals surface area contributed by atoms with Crippen LogP contribution < -0.4 is 0 Å². The molecular weight excluding hydrogens is 188 g/mol. The van der Waals surface area contributed by atoms with Crippen LogP contribution in [0.1, 0.15) is 10.4 Å². The van der Waals surface area contributed by atoms with E-state index in [4.69, 9.17) is 4.74 Å². The van der Waals surface area contributed by atoms with Gasteiger partial charge in [-0.3, -0.25) is 0 Å². The average molecular weight is 203 g/mol. The highest BCUT2D eigenvalue weighted by Gasteiger charge is 2.02. The van der Waals surface area contributed by atoms with Gasteiger partial charge in [-0.2, -0.15) is 0 Å². The molecule has 2 heteroatoms. The summed E-state index contributed by atoms with van der Waals surface area (Å²) >= 11 is 0. The van der Waals surface area contributed by atoms with Crippen molar-refractivity contribution in [1.82, 2.24) is 0 Å². The first-order valence-electron chi connectivity index (χ1n) is 4.49. The molecule has 0 amide bonds. The first-order chi connectivity index (χ1) is 7.26. The molecule has 0 N–H and O–H groups in total. The molecule has 0 spiro atoms. The van der Waals surface area contributed by atoms with E-state index in [-0.39, 0.29) is 12.6 Å². The molecule has 0 aliphatic rings. The summed E-state index contributed by atoms with van der Waals surface area (Å²) in [5, 5.41) is 0. The van der Waals surface area contributed by atoms with Crippen molar-refractivity contribution in [3.63, 3.8) is 0 Å². The molecule has 0 aliphatic carbocycles. The normalized spacial score (nSPS) is 8.07. The van der Waals surface area contributed by atoms with Crippen LogP contribution in [0.15, 0.2) is 55.6 Å². The van der Waals surface area contributed by atoms with Crippen LogP contribution in [0.25, 0.3) is 0 Å². The Balaban J connectivity index is 0.000000583. The van der Waals surface area contributed by atoms with Crippen LogP contribution in [-0.2, 0) is 4.74 Å². The highest BCUT2D eigenvalue weighted by Crippen LogP contribution is 2.00. The Morgan fingerprint density at radius 2 is 1.80 bits per heavy atom. The highest BCUT2D eigenvalue weighted by molar-refractivity contribution is 5.89. The van der Waals surface area contributed by atoms with Crippen LogP contribution in [0.2, 0.25) is 0 Å². The SMILES string of the molecule is C=CCOC(=O)c1ccccc1.[CH2]C=C. The van der Waals surface area contributed by atoms with Gasteiger partial charge in [0.05, 0.1) is 5.56 Å². The summed E-state index contributed by atoms with van der Waals surface area (Å²) in [5.74, 6) is -0.310. The zero-order chi connectivity index (χ0) is 11.5. The molecule has 15 heavy (non-hydrogen) atoms. The van der Waals surface area contributed by atoms with Gasteiger partial charge in [-0.25, -0.2) is 4.79 Å². The number of rotatable bonds is 3. The minimum Gasteiger partial charge on any atom is -0.458 e. The summed E-state index contributed by atoms with van der Waals surface area (Å²) in [5.41, 5.74) is 0.569. The van der Waals surface area contributed by atoms with E-state index in [0.717, 1.165) is 0 Å². The third kappa shape index (κ3) is 6.27. The molecule has 0 saturated carbocycles. The fourth-order valence-electron chi connectivity index (χ4n) is 0.792. The number of esters is 1. The van der Waals surface area contributed by atoms with Crippen molar-refractivity contribution >= 4 is 5.97 Å². The van der Waals surface area contributed by atoms with E-state index in [1.807, 2.05) is 6.07 Å². The van der Waals surface area contributed by atoms with E-state index in [1.54, 1.807) is 30.3 Å². The Kier molecular flexibility index (Phi) is 7.69. The number of carbonyl (C=O) groups excluding carboxylic acids is 1. The van der Waals surface area contributed by atoms with E-state index < -0.39 is 0 Å². The number of allylic oxidation sites excluding steroid dienone is 1. The van der Waals surface area contributed by atoms with Gasteiger partial charge in [-0.05, 0) is 19.1 Å². The second-order valence-electron chi connectivity index (χ2n) is 2.54. The number of benzene rings is 1. The smallest absolute Gasteiger partial charge is 0.338 e. The van der Waals surface area contributed by atoms with Crippen LogP contribution in [-0.4, -0.2) is 12.6 Å². The third-order valence-electron chi connectivity index (χ3n) is 1.34. The molecule has 1 radical (unpaired) electrons. The van der Waals surface area contributed by atoms with E-state index in [0.29, 0.717) is 5.56 Å². The van der Waals surface area contributed by atoms with Crippen molar-refractivity contribution in [2.75, 3.05) is 6.61 Å². The van der Waals surface area contributed by atoms with Gasteiger partial charge in [0.15, 0.2) is 0 Å². The first-order valence-corrected chi connectivity index (χ1v) is 4.49. The monoisotopic (exact) mass is 203 g/mol. The van der Waals surface area contributed by atoms with Gasteiger partial charge >= 0.3 is 5.97 Å². The predicted molar refractivity (Wildman–Crippen MR) is 62.5 cm³/mol. The first kappa shape index (κ1) is 13.2. The summed E-state index contributed by atoms with van der Waals surface area (Å²) in [6, 6.07) is 8.87. The number of hydrogen-bond donors (Lipinski definition) is 0. The third-order valence-corrected chi connectivity index (χ3v) is 1.34. The second kappa shape index (κ2) is 8.75. The van der Waals surface area contributed by atoms with Gasteiger partial charge in [0.1, 0.15) is 6.61 Å². The van der Waals surface area contributed by atoms with Crippen molar-refractivity contribution in [3.05, 3.63) is 68.1 Å². The highest BCUT2D eigenvalue weighted by atomic mass is 16.5. The molecule has 0 aromatic heterocycles. The standard InChI is InChI=1S/C10H10O2.C3H5/c1-2-8-12-10(11)9-6-4-3-5-7-9;1-3-2/h2-7H,1,8H2;3H,1-2H2. The molecule has 0 saturated heterocycles. The maximum atomic E-state index is 11.1. The van der Waals surface area contributed by atoms with Crippen LogP contribution in [0.3, 0.4) is 0 Å². The molecule has 1 aromatic rings. The number of carbonyl (C=O) groups is 1. The van der Waals surface area contributed by atoms with Crippen LogP contribution in [0.4, 0.5) is 0 Å². The van der Waals surface area contributed by atoms with Gasteiger partial charge in [0.2, 0.25) is 0 Å². The Bertz CT molecular complexity index is 302. The van der Waals surface area contributed by atoms with E-state index in [2.05, 4.69) is 20.1 Å². The topological polar surface area (TPSA) is 26.3 Å². The second-order valence-corrected chi connectivity index (χ2v) is 2.54. The molecular formula is C13H15O2. The maximum Gasteiger partial charge on any atom is 0.338 e. The van der Waals surface area contributed by atoms with E-state index in [9.17, 15) is 4.79 Å². The maximum absolute atomic E-state index is 11.1. The fourth-order valence-corrected chi connectivity index (χ4v) is 0.792. The lowest BCUT2D eigenvalue weighted by atomic mass is 10.2. The Morgan fingerprint density at radius 3 is 2.27 bits per heavy atom. The van der Waals surface area contributed by atoms with Crippen LogP contribution in [0.5, 0.6) is 0 Å². The molecule has 0 fully saturated rings. The van der Waals surface area contributed by atoms with E-state index >= 15 is 0 Å². The van der Waals surface area contributed by atoms with Crippen molar-refractivity contribution in [1.29, 1.82) is 0 Å². The lowest BCUT2D eigenvalue weighted by Gasteiger charge is -1.99. The van der Waals surface area contributed by atoms with E-state index in [1.165, 1.54) is 6.08 Å². The molecule has 0 atom stereocenters. The summed E-state index contributed by atoms with van der Waals surface area (Å²) in [6.45, 7) is 10.2. The Morgan fingerprint density at radius 1 is 1.27 bits per heavy atom. The quantitative estimate of drug-likeness (QED) is 0.557. The number of hydrogen-bond acceptors (Lipinski definition) is 2. The zero-order valence-electron chi connectivity index (χ0n) is 8.69. The molecule has 0 heterocycles. The molecule has 2 nitrogen and oxygen atoms in total. The summed E-state index contributed by atoms with van der Waals surface area (Å²) < 4.78 is 4.82. The van der Waals surface area contributed by atoms with Crippen LogP contribution in [0, 0.1) is 6.92 Å². The molecule has 1 rings (SSSR count). The Hall–Kier alpha value is -1.83. The molecule has 0 unspecified atom stereocenters. The van der Waals surface area contributed by atoms with Gasteiger partial charge < -0.3 is 4.74 Å². The lowest BCUT2D eigenvalue weighted by molar-refractivity contribution is 0.0550. The average Bonchev–Trinajstić information content (AvgIpc) is 2.28. The molecule has 79 valence electrons. The minimum atomic E-state index is -0.310. The largest absolute Gasteiger partial charge is 0.458 e. The Labute approximate surface area is 90.9 Å². The summed E-state index contributed by atoms with van der Waals surface area (Å²) in [7, 11) is 0. The van der Waals surface area contributed by atoms with Gasteiger partial charge in [0, 0.05) is 0 Å². The lowest BCUT2D eigenvalue weighted by Crippen LogP contribution is -2.04. The summed E-state index contributed by atoms with van der Waals surface area (Å²) in [6.07, 6.45) is 3.04. The molecule has 1 aromatic carbocycles. The van der Waals surface area contributed by atoms with Crippen molar-refractivity contribution in [3.8, 4) is 0 Å².